The van der Waals surface area contributed by atoms with Gasteiger partial charge in [-0.1, -0.05) is 6.07 Å². The number of nitrogens with one attached hydrogen (secondary N) is 1. The first-order valence-electron chi connectivity index (χ1n) is 6.09. The van der Waals surface area contributed by atoms with Crippen molar-refractivity contribution in [2.45, 2.75) is 20.4 Å². The van der Waals surface area contributed by atoms with Crippen LogP contribution >= 0.6 is 0 Å². The van der Waals surface area contributed by atoms with Gasteiger partial charge < -0.3 is 10.4 Å². The number of rotatable bonds is 4. The normalized spacial score (nSPS) is 10.3. The van der Waals surface area contributed by atoms with Crippen LogP contribution in [0.4, 0.5) is 5.69 Å². The highest BCUT2D eigenvalue weighted by Crippen LogP contribution is 2.14. The standard InChI is InChI=1S/C14H15N3O3/c1-9-3-4-11(7-10(9)2)15-14(20)12-5-6-17(16-12)8-13(18)19/h3-7H,8H2,1-2H3,(H,15,20)(H,18,19). The van der Waals surface area contributed by atoms with Crippen molar-refractivity contribution in [3.05, 3.63) is 47.3 Å². The molecular weight excluding hydrogens is 258 g/mol. The van der Waals surface area contributed by atoms with Crippen molar-refractivity contribution in [3.8, 4) is 0 Å². The van der Waals surface area contributed by atoms with Crippen molar-refractivity contribution < 1.29 is 14.7 Å². The fourth-order valence-electron chi connectivity index (χ4n) is 1.72. The van der Waals surface area contributed by atoms with Crippen LogP contribution in [0, 0.1) is 13.8 Å². The molecule has 6 heteroatoms. The summed E-state index contributed by atoms with van der Waals surface area (Å²) in [6, 6.07) is 7.10. The number of hydrogen-bond acceptors (Lipinski definition) is 3. The van der Waals surface area contributed by atoms with Crippen LogP contribution in [0.25, 0.3) is 0 Å². The molecule has 1 heterocycles. The lowest BCUT2D eigenvalue weighted by atomic mass is 10.1. The van der Waals surface area contributed by atoms with E-state index in [-0.39, 0.29) is 18.1 Å². The van der Waals surface area contributed by atoms with E-state index in [1.807, 2.05) is 32.0 Å². The number of carboxylic acid groups (broad SMARTS) is 1. The third-order valence-corrected chi connectivity index (χ3v) is 2.94. The van der Waals surface area contributed by atoms with Gasteiger partial charge in [-0.05, 0) is 43.2 Å². The van der Waals surface area contributed by atoms with Crippen LogP contribution in [-0.4, -0.2) is 26.8 Å². The lowest BCUT2D eigenvalue weighted by Gasteiger charge is -2.06. The van der Waals surface area contributed by atoms with Crippen molar-refractivity contribution in [2.24, 2.45) is 0 Å². The number of anilines is 1. The van der Waals surface area contributed by atoms with Crippen molar-refractivity contribution >= 4 is 17.6 Å². The largest absolute Gasteiger partial charge is 0.480 e. The molecule has 6 nitrogen and oxygen atoms in total. The molecule has 0 fully saturated rings. The van der Waals surface area contributed by atoms with E-state index in [9.17, 15) is 9.59 Å². The predicted octanol–water partition coefficient (Wildman–Crippen LogP) is 1.84. The molecule has 0 saturated heterocycles. The highest BCUT2D eigenvalue weighted by molar-refractivity contribution is 6.02. The summed E-state index contributed by atoms with van der Waals surface area (Å²) in [6.45, 7) is 3.69. The Kier molecular flexibility index (Phi) is 3.84. The molecule has 0 aliphatic carbocycles. The van der Waals surface area contributed by atoms with E-state index in [1.54, 1.807) is 0 Å². The third kappa shape index (κ3) is 3.23. The number of aromatic nitrogens is 2. The molecule has 20 heavy (non-hydrogen) atoms. The van der Waals surface area contributed by atoms with E-state index in [0.717, 1.165) is 11.1 Å². The molecule has 2 N–H and O–H groups in total. The molecule has 0 aliphatic rings. The predicted molar refractivity (Wildman–Crippen MR) is 73.7 cm³/mol. The van der Waals surface area contributed by atoms with Gasteiger partial charge in [0, 0.05) is 11.9 Å². The van der Waals surface area contributed by atoms with Gasteiger partial charge in [-0.2, -0.15) is 5.10 Å². The van der Waals surface area contributed by atoms with E-state index in [4.69, 9.17) is 5.11 Å². The van der Waals surface area contributed by atoms with Gasteiger partial charge in [0.2, 0.25) is 0 Å². The number of aryl methyl sites for hydroxylation is 2. The van der Waals surface area contributed by atoms with Gasteiger partial charge >= 0.3 is 5.97 Å². The first-order chi connectivity index (χ1) is 9.45. The summed E-state index contributed by atoms with van der Waals surface area (Å²) in [5.41, 5.74) is 3.10. The highest BCUT2D eigenvalue weighted by atomic mass is 16.4. The third-order valence-electron chi connectivity index (χ3n) is 2.94. The first kappa shape index (κ1) is 13.8. The van der Waals surface area contributed by atoms with E-state index in [1.165, 1.54) is 16.9 Å². The SMILES string of the molecule is Cc1ccc(NC(=O)c2ccn(CC(=O)O)n2)cc1C. The minimum atomic E-state index is -1.01. The number of amides is 1. The molecule has 0 radical (unpaired) electrons. The second-order valence-electron chi connectivity index (χ2n) is 4.55. The van der Waals surface area contributed by atoms with Gasteiger partial charge in [0.15, 0.2) is 5.69 Å². The molecule has 0 spiro atoms. The fraction of sp³-hybridized carbons (Fsp3) is 0.214. The van der Waals surface area contributed by atoms with Crippen LogP contribution in [0.15, 0.2) is 30.5 Å². The number of aliphatic carboxylic acids is 1. The Morgan fingerprint density at radius 1 is 1.25 bits per heavy atom. The average molecular weight is 273 g/mol. The molecule has 1 amide bonds. The van der Waals surface area contributed by atoms with Gasteiger partial charge in [0.25, 0.3) is 5.91 Å². The Labute approximate surface area is 116 Å². The number of hydrogen-bond donors (Lipinski definition) is 2. The van der Waals surface area contributed by atoms with Gasteiger partial charge in [0.1, 0.15) is 6.54 Å². The zero-order valence-corrected chi connectivity index (χ0v) is 11.3. The van der Waals surface area contributed by atoms with E-state index < -0.39 is 5.97 Å². The van der Waals surface area contributed by atoms with Crippen LogP contribution in [0.5, 0.6) is 0 Å². The molecule has 0 unspecified atom stereocenters. The summed E-state index contributed by atoms with van der Waals surface area (Å²) in [6.07, 6.45) is 1.46. The van der Waals surface area contributed by atoms with Crippen molar-refractivity contribution in [1.82, 2.24) is 9.78 Å². The number of carboxylic acids is 1. The summed E-state index contributed by atoms with van der Waals surface area (Å²) in [5, 5.41) is 15.3. The van der Waals surface area contributed by atoms with Gasteiger partial charge in [-0.15, -0.1) is 0 Å². The van der Waals surface area contributed by atoms with Crippen LogP contribution in [0.2, 0.25) is 0 Å². The summed E-state index contributed by atoms with van der Waals surface area (Å²) in [7, 11) is 0. The lowest BCUT2D eigenvalue weighted by molar-refractivity contribution is -0.137. The monoisotopic (exact) mass is 273 g/mol. The average Bonchev–Trinajstić information content (AvgIpc) is 2.81. The van der Waals surface area contributed by atoms with Crippen molar-refractivity contribution in [3.63, 3.8) is 0 Å². The quantitative estimate of drug-likeness (QED) is 0.890. The number of carbonyl (C=O) groups excluding carboxylic acids is 1. The minimum absolute atomic E-state index is 0.185. The molecule has 2 rings (SSSR count). The Hall–Kier alpha value is -2.63. The Morgan fingerprint density at radius 3 is 2.65 bits per heavy atom. The van der Waals surface area contributed by atoms with Gasteiger partial charge in [-0.3, -0.25) is 14.3 Å². The molecule has 0 aliphatic heterocycles. The van der Waals surface area contributed by atoms with Crippen molar-refractivity contribution in [2.75, 3.05) is 5.32 Å². The number of benzene rings is 1. The Balaban J connectivity index is 2.09. The molecule has 1 aromatic carbocycles. The second-order valence-corrected chi connectivity index (χ2v) is 4.55. The summed E-state index contributed by atoms with van der Waals surface area (Å²) in [5.74, 6) is -1.37. The molecule has 2 aromatic rings. The van der Waals surface area contributed by atoms with Crippen LogP contribution in [0.1, 0.15) is 21.6 Å². The summed E-state index contributed by atoms with van der Waals surface area (Å²) >= 11 is 0. The maximum atomic E-state index is 12.0. The molecule has 104 valence electrons. The Bertz CT molecular complexity index is 661. The fourth-order valence-corrected chi connectivity index (χ4v) is 1.72. The molecule has 0 bridgehead atoms. The van der Waals surface area contributed by atoms with Crippen LogP contribution < -0.4 is 5.32 Å². The second kappa shape index (κ2) is 5.56. The zero-order chi connectivity index (χ0) is 14.7. The summed E-state index contributed by atoms with van der Waals surface area (Å²) in [4.78, 5) is 22.5. The number of nitrogens with zero attached hydrogens (tertiary/aromatic N) is 2. The smallest absolute Gasteiger partial charge is 0.325 e. The van der Waals surface area contributed by atoms with Gasteiger partial charge in [-0.25, -0.2) is 0 Å². The maximum absolute atomic E-state index is 12.0. The Morgan fingerprint density at radius 2 is 2.00 bits per heavy atom. The van der Waals surface area contributed by atoms with Crippen LogP contribution in [-0.2, 0) is 11.3 Å². The first-order valence-corrected chi connectivity index (χ1v) is 6.09. The molecule has 0 saturated carbocycles. The topological polar surface area (TPSA) is 84.2 Å². The van der Waals surface area contributed by atoms with Crippen molar-refractivity contribution in [1.29, 1.82) is 0 Å². The van der Waals surface area contributed by atoms with E-state index in [0.29, 0.717) is 5.69 Å². The lowest BCUT2D eigenvalue weighted by Crippen LogP contribution is -2.15. The molecule has 1 aromatic heterocycles. The molecule has 0 atom stereocenters. The van der Waals surface area contributed by atoms with E-state index in [2.05, 4.69) is 10.4 Å². The van der Waals surface area contributed by atoms with Gasteiger partial charge in [0.05, 0.1) is 0 Å². The zero-order valence-electron chi connectivity index (χ0n) is 11.3. The highest BCUT2D eigenvalue weighted by Gasteiger charge is 2.11. The van der Waals surface area contributed by atoms with Crippen LogP contribution in [0.3, 0.4) is 0 Å². The summed E-state index contributed by atoms with van der Waals surface area (Å²) < 4.78 is 1.21. The minimum Gasteiger partial charge on any atom is -0.480 e. The number of carbonyl (C=O) groups is 2. The molecular formula is C14H15N3O3. The maximum Gasteiger partial charge on any atom is 0.325 e. The van der Waals surface area contributed by atoms with E-state index >= 15 is 0 Å².